The van der Waals surface area contributed by atoms with Gasteiger partial charge in [0.05, 0.1) is 0 Å². The lowest BCUT2D eigenvalue weighted by molar-refractivity contribution is -0.152. The molecule has 2 atom stereocenters. The lowest BCUT2D eigenvalue weighted by Crippen LogP contribution is -2.49. The van der Waals surface area contributed by atoms with E-state index in [0.717, 1.165) is 18.4 Å². The van der Waals surface area contributed by atoms with E-state index in [1.54, 1.807) is 4.90 Å². The minimum Gasteiger partial charge on any atom is -0.460 e. The van der Waals surface area contributed by atoms with Crippen molar-refractivity contribution in [2.75, 3.05) is 20.1 Å². The Kier molecular flexibility index (Phi) is 8.18. The number of carbonyl (C=O) groups excluding carboxylic acids is 3. The van der Waals surface area contributed by atoms with Gasteiger partial charge in [-0.3, -0.25) is 19.3 Å². The summed E-state index contributed by atoms with van der Waals surface area (Å²) in [6.07, 6.45) is 2.40. The largest absolute Gasteiger partial charge is 0.460 e. The van der Waals surface area contributed by atoms with E-state index in [1.165, 1.54) is 6.92 Å². The van der Waals surface area contributed by atoms with Crippen molar-refractivity contribution in [1.29, 1.82) is 0 Å². The van der Waals surface area contributed by atoms with Gasteiger partial charge in [-0.2, -0.15) is 0 Å². The molecule has 0 N–H and O–H groups in total. The van der Waals surface area contributed by atoms with Crippen molar-refractivity contribution in [2.24, 2.45) is 5.92 Å². The molecular weight excluding hydrogens is 356 g/mol. The minimum atomic E-state index is -0.435. The zero-order chi connectivity index (χ0) is 20.7. The summed E-state index contributed by atoms with van der Waals surface area (Å²) < 4.78 is 5.57. The number of carbonyl (C=O) groups is 3. The maximum Gasteiger partial charge on any atom is 0.323 e. The van der Waals surface area contributed by atoms with Gasteiger partial charge in [0, 0.05) is 26.1 Å². The Morgan fingerprint density at radius 1 is 1.21 bits per heavy atom. The fourth-order valence-corrected chi connectivity index (χ4v) is 3.68. The molecular formula is C22H32N2O4. The first kappa shape index (κ1) is 22.1. The molecule has 154 valence electrons. The van der Waals surface area contributed by atoms with Crippen LogP contribution in [-0.2, 0) is 25.7 Å². The molecule has 1 aromatic rings. The van der Waals surface area contributed by atoms with Crippen LogP contribution in [0.15, 0.2) is 30.3 Å². The number of ketones is 1. The second kappa shape index (κ2) is 10.4. The molecule has 0 aromatic heterocycles. The van der Waals surface area contributed by atoms with E-state index in [0.29, 0.717) is 25.4 Å². The lowest BCUT2D eigenvalue weighted by atomic mass is 10.0. The Hall–Kier alpha value is -2.21. The summed E-state index contributed by atoms with van der Waals surface area (Å²) in [6, 6.07) is 9.20. The Balaban J connectivity index is 2.01. The van der Waals surface area contributed by atoms with Gasteiger partial charge in [0.2, 0.25) is 5.78 Å². The topological polar surface area (TPSA) is 66.9 Å². The molecule has 0 bridgehead atoms. The fourth-order valence-electron chi connectivity index (χ4n) is 3.68. The van der Waals surface area contributed by atoms with Gasteiger partial charge in [-0.15, -0.1) is 0 Å². The molecule has 1 aliphatic rings. The van der Waals surface area contributed by atoms with Gasteiger partial charge >= 0.3 is 5.97 Å². The second-order valence-electron chi connectivity index (χ2n) is 8.03. The number of likely N-dealkylation sites (tertiary alicyclic amines) is 1. The van der Waals surface area contributed by atoms with Crippen LogP contribution in [0.25, 0.3) is 0 Å². The molecule has 0 saturated carbocycles. The number of esters is 1. The van der Waals surface area contributed by atoms with Crippen LogP contribution in [0.3, 0.4) is 0 Å². The van der Waals surface area contributed by atoms with E-state index in [2.05, 4.69) is 13.8 Å². The number of amides is 1. The SMILES string of the molecule is CC(=O)C(=O)N1CCC[C@H]1CN(C)[C@H](CC(C)C)C(=O)OCc1ccccc1. The van der Waals surface area contributed by atoms with Crippen molar-refractivity contribution in [2.45, 2.75) is 58.7 Å². The van der Waals surface area contributed by atoms with Gasteiger partial charge in [0.25, 0.3) is 5.91 Å². The normalized spacial score (nSPS) is 17.8. The zero-order valence-corrected chi connectivity index (χ0v) is 17.4. The minimum absolute atomic E-state index is 0.0435. The van der Waals surface area contributed by atoms with Crippen LogP contribution in [0.4, 0.5) is 0 Å². The van der Waals surface area contributed by atoms with Crippen molar-refractivity contribution in [3.05, 3.63) is 35.9 Å². The van der Waals surface area contributed by atoms with Crippen molar-refractivity contribution in [1.82, 2.24) is 9.80 Å². The quantitative estimate of drug-likeness (QED) is 0.481. The standard InChI is InChI=1S/C22H32N2O4/c1-16(2)13-20(22(27)28-15-18-9-6-5-7-10-18)23(4)14-19-11-8-12-24(19)21(26)17(3)25/h5-7,9-10,16,19-20H,8,11-15H2,1-4H3/t19-,20+/m0/s1. The number of rotatable bonds is 9. The maximum absolute atomic E-state index is 12.8. The first-order chi connectivity index (χ1) is 13.3. The van der Waals surface area contributed by atoms with Crippen LogP contribution in [0, 0.1) is 5.92 Å². The van der Waals surface area contributed by atoms with Gasteiger partial charge in [-0.05, 0) is 37.8 Å². The Bertz CT molecular complexity index is 674. The Labute approximate surface area is 167 Å². The summed E-state index contributed by atoms with van der Waals surface area (Å²) in [7, 11) is 1.89. The van der Waals surface area contributed by atoms with E-state index >= 15 is 0 Å². The summed E-state index contributed by atoms with van der Waals surface area (Å²) >= 11 is 0. The van der Waals surface area contributed by atoms with Crippen LogP contribution in [0.5, 0.6) is 0 Å². The van der Waals surface area contributed by atoms with Gasteiger partial charge in [0.15, 0.2) is 0 Å². The predicted molar refractivity (Wildman–Crippen MR) is 108 cm³/mol. The van der Waals surface area contributed by atoms with Crippen molar-refractivity contribution >= 4 is 17.7 Å². The maximum atomic E-state index is 12.8. The smallest absolute Gasteiger partial charge is 0.323 e. The number of hydrogen-bond donors (Lipinski definition) is 0. The molecule has 0 radical (unpaired) electrons. The number of likely N-dealkylation sites (N-methyl/N-ethyl adjacent to an activating group) is 1. The van der Waals surface area contributed by atoms with Gasteiger partial charge in [-0.25, -0.2) is 0 Å². The van der Waals surface area contributed by atoms with Crippen LogP contribution in [0.2, 0.25) is 0 Å². The number of ether oxygens (including phenoxy) is 1. The van der Waals surface area contributed by atoms with Gasteiger partial charge in [-0.1, -0.05) is 44.2 Å². The molecule has 6 heteroatoms. The molecule has 1 aliphatic heterocycles. The summed E-state index contributed by atoms with van der Waals surface area (Å²) in [5.74, 6) is -0.781. The van der Waals surface area contributed by atoms with E-state index in [9.17, 15) is 14.4 Å². The van der Waals surface area contributed by atoms with Crippen molar-refractivity contribution < 1.29 is 19.1 Å². The second-order valence-corrected chi connectivity index (χ2v) is 8.03. The molecule has 1 fully saturated rings. The molecule has 1 amide bonds. The molecule has 0 aliphatic carbocycles. The number of nitrogens with zero attached hydrogens (tertiary/aromatic N) is 2. The molecule has 1 saturated heterocycles. The van der Waals surface area contributed by atoms with Crippen molar-refractivity contribution in [3.8, 4) is 0 Å². The first-order valence-corrected chi connectivity index (χ1v) is 10.0. The highest BCUT2D eigenvalue weighted by atomic mass is 16.5. The van der Waals surface area contributed by atoms with Crippen molar-refractivity contribution in [3.63, 3.8) is 0 Å². The molecule has 1 heterocycles. The molecule has 6 nitrogen and oxygen atoms in total. The monoisotopic (exact) mass is 388 g/mol. The average molecular weight is 389 g/mol. The van der Waals surface area contributed by atoms with Gasteiger partial charge < -0.3 is 9.64 Å². The summed E-state index contributed by atoms with van der Waals surface area (Å²) in [5, 5.41) is 0. The highest BCUT2D eigenvalue weighted by Gasteiger charge is 2.34. The highest BCUT2D eigenvalue weighted by molar-refractivity contribution is 6.35. The van der Waals surface area contributed by atoms with E-state index < -0.39 is 11.7 Å². The molecule has 28 heavy (non-hydrogen) atoms. The molecule has 1 aromatic carbocycles. The third-order valence-electron chi connectivity index (χ3n) is 5.16. The van der Waals surface area contributed by atoms with Crippen LogP contribution >= 0.6 is 0 Å². The molecule has 2 rings (SSSR count). The number of Topliss-reactive ketones (excluding diaryl/α,β-unsaturated/α-hetero) is 1. The number of benzene rings is 1. The van der Waals surface area contributed by atoms with E-state index in [4.69, 9.17) is 4.74 Å². The van der Waals surface area contributed by atoms with Crippen LogP contribution in [-0.4, -0.2) is 59.7 Å². The van der Waals surface area contributed by atoms with E-state index in [-0.39, 0.29) is 24.7 Å². The number of hydrogen-bond acceptors (Lipinski definition) is 5. The fraction of sp³-hybridized carbons (Fsp3) is 0.591. The summed E-state index contributed by atoms with van der Waals surface area (Å²) in [5.41, 5.74) is 0.954. The predicted octanol–water partition coefficient (Wildman–Crippen LogP) is 2.66. The van der Waals surface area contributed by atoms with Gasteiger partial charge in [0.1, 0.15) is 12.6 Å². The molecule has 0 spiro atoms. The summed E-state index contributed by atoms with van der Waals surface area (Å²) in [6.45, 7) is 6.87. The first-order valence-electron chi connectivity index (χ1n) is 10.0. The highest BCUT2D eigenvalue weighted by Crippen LogP contribution is 2.21. The lowest BCUT2D eigenvalue weighted by Gasteiger charge is -2.32. The van der Waals surface area contributed by atoms with Crippen LogP contribution in [0.1, 0.15) is 45.6 Å². The summed E-state index contributed by atoms with van der Waals surface area (Å²) in [4.78, 5) is 40.1. The Morgan fingerprint density at radius 3 is 2.50 bits per heavy atom. The average Bonchev–Trinajstić information content (AvgIpc) is 3.12. The third-order valence-corrected chi connectivity index (χ3v) is 5.16. The third kappa shape index (κ3) is 6.16. The van der Waals surface area contributed by atoms with E-state index in [1.807, 2.05) is 42.3 Å². The van der Waals surface area contributed by atoms with Crippen LogP contribution < -0.4 is 0 Å². The zero-order valence-electron chi connectivity index (χ0n) is 17.4. The Morgan fingerprint density at radius 2 is 1.89 bits per heavy atom. The molecule has 0 unspecified atom stereocenters.